The van der Waals surface area contributed by atoms with Crippen molar-refractivity contribution < 1.29 is 18.5 Å². The average Bonchev–Trinajstić information content (AvgIpc) is 3.23. The lowest BCUT2D eigenvalue weighted by Crippen LogP contribution is -2.13. The molecule has 3 heterocycles. The highest BCUT2D eigenvalue weighted by Gasteiger charge is 2.12. The van der Waals surface area contributed by atoms with Crippen LogP contribution in [0, 0.1) is 20.7 Å². The van der Waals surface area contributed by atoms with E-state index >= 15 is 0 Å². The summed E-state index contributed by atoms with van der Waals surface area (Å²) in [4.78, 5) is 25.8. The summed E-state index contributed by atoms with van der Waals surface area (Å²) < 4.78 is 84.4. The Hall–Kier alpha value is -4.78. The van der Waals surface area contributed by atoms with Crippen LogP contribution in [0.25, 0.3) is 16.9 Å². The number of benzene rings is 2. The molecule has 7 nitrogen and oxygen atoms in total. The standard InChI is InChI=1S/C29H26N6O/c1-19-9-12-35(18-19)25-14-20(2)13-24(16-25)32-28(36)22-7-6-21(3)27(15-22)34-29-31-11-8-26(33-29)23-5-4-10-30-17-23/h4-18H,1-3H3,(H,32,36)(H,31,33,34)/i3D3,6D,7D,8D,11D,12D,15D,18D. The highest BCUT2D eigenvalue weighted by molar-refractivity contribution is 6.05. The summed E-state index contributed by atoms with van der Waals surface area (Å²) in [6, 6.07) is 6.88. The van der Waals surface area contributed by atoms with Crippen molar-refractivity contribution in [1.29, 1.82) is 0 Å². The first-order chi connectivity index (χ1) is 21.6. The maximum absolute atomic E-state index is 13.6. The molecule has 0 atom stereocenters. The predicted octanol–water partition coefficient (Wildman–Crippen LogP) is 6.25. The molecule has 36 heavy (non-hydrogen) atoms. The van der Waals surface area contributed by atoms with Crippen molar-refractivity contribution in [2.75, 3.05) is 10.6 Å². The van der Waals surface area contributed by atoms with Gasteiger partial charge in [0.2, 0.25) is 5.95 Å². The van der Waals surface area contributed by atoms with Crippen LogP contribution in [0.4, 0.5) is 17.3 Å². The number of pyridine rings is 1. The van der Waals surface area contributed by atoms with Crippen LogP contribution in [0.1, 0.15) is 40.8 Å². The fraction of sp³-hybridized carbons (Fsp3) is 0.103. The smallest absolute Gasteiger partial charge is 0.255 e. The van der Waals surface area contributed by atoms with Crippen LogP contribution in [0.3, 0.4) is 0 Å². The summed E-state index contributed by atoms with van der Waals surface area (Å²) in [5.74, 6) is -1.36. The molecule has 5 aromatic rings. The maximum Gasteiger partial charge on any atom is 0.255 e. The number of nitrogens with one attached hydrogen (secondary N) is 2. The first-order valence-electron chi connectivity index (χ1n) is 15.8. The minimum Gasteiger partial charge on any atom is -0.324 e. The number of hydrogen-bond acceptors (Lipinski definition) is 5. The van der Waals surface area contributed by atoms with Gasteiger partial charge < -0.3 is 15.2 Å². The quantitative estimate of drug-likeness (QED) is 0.298. The molecule has 0 saturated heterocycles. The molecule has 0 aliphatic heterocycles. The third kappa shape index (κ3) is 5.15. The molecule has 0 saturated carbocycles. The summed E-state index contributed by atoms with van der Waals surface area (Å²) in [7, 11) is 0. The van der Waals surface area contributed by atoms with Crippen molar-refractivity contribution in [3.63, 3.8) is 0 Å². The first kappa shape index (κ1) is 13.9. The molecular formula is C29H26N6O. The van der Waals surface area contributed by atoms with Gasteiger partial charge in [0.15, 0.2) is 0 Å². The van der Waals surface area contributed by atoms with E-state index in [4.69, 9.17) is 13.7 Å². The van der Waals surface area contributed by atoms with E-state index in [1.54, 1.807) is 38.1 Å². The lowest BCUT2D eigenvalue weighted by molar-refractivity contribution is 0.102. The molecule has 2 aromatic carbocycles. The number of nitrogens with zero attached hydrogens (tertiary/aromatic N) is 4. The molecule has 1 amide bonds. The van der Waals surface area contributed by atoms with Crippen LogP contribution in [-0.2, 0) is 0 Å². The van der Waals surface area contributed by atoms with E-state index in [1.807, 2.05) is 0 Å². The van der Waals surface area contributed by atoms with E-state index < -0.39 is 53.9 Å². The summed E-state index contributed by atoms with van der Waals surface area (Å²) in [5.41, 5.74) is 0.378. The average molecular weight is 485 g/mol. The van der Waals surface area contributed by atoms with Crippen LogP contribution in [0.2, 0.25) is 0 Å². The zero-order valence-corrected chi connectivity index (χ0v) is 19.3. The third-order valence-electron chi connectivity index (χ3n) is 5.04. The minimum atomic E-state index is -3.01. The minimum absolute atomic E-state index is 0.00134. The van der Waals surface area contributed by atoms with Crippen LogP contribution >= 0.6 is 0 Å². The monoisotopic (exact) mass is 484 g/mol. The zero-order valence-electron chi connectivity index (χ0n) is 29.3. The van der Waals surface area contributed by atoms with Crippen molar-refractivity contribution in [1.82, 2.24) is 19.5 Å². The summed E-state index contributed by atoms with van der Waals surface area (Å²) in [5, 5.41) is 5.19. The van der Waals surface area contributed by atoms with E-state index in [0.717, 1.165) is 0 Å². The zero-order chi connectivity index (χ0) is 33.7. The molecule has 5 rings (SSSR count). The molecule has 0 radical (unpaired) electrons. The largest absolute Gasteiger partial charge is 0.324 e. The van der Waals surface area contributed by atoms with Gasteiger partial charge in [-0.05, 0) is 91.9 Å². The molecule has 0 unspecified atom stereocenters. The van der Waals surface area contributed by atoms with E-state index in [9.17, 15) is 4.79 Å². The Morgan fingerprint density at radius 2 is 2.03 bits per heavy atom. The second kappa shape index (κ2) is 9.84. The van der Waals surface area contributed by atoms with Crippen LogP contribution in [-0.4, -0.2) is 25.4 Å². The van der Waals surface area contributed by atoms with Gasteiger partial charge in [-0.15, -0.1) is 0 Å². The number of carbonyl (C=O) groups excluding carboxylic acids is 1. The number of carbonyl (C=O) groups is 1. The van der Waals surface area contributed by atoms with Gasteiger partial charge in [0, 0.05) is 63.2 Å². The van der Waals surface area contributed by atoms with Gasteiger partial charge in [0.25, 0.3) is 5.91 Å². The molecule has 0 aliphatic carbocycles. The second-order valence-corrected chi connectivity index (χ2v) is 7.91. The number of aryl methyl sites for hydroxylation is 2. The van der Waals surface area contributed by atoms with Gasteiger partial charge in [-0.3, -0.25) is 9.78 Å². The first-order valence-corrected chi connectivity index (χ1v) is 10.8. The van der Waals surface area contributed by atoms with E-state index in [2.05, 4.69) is 25.6 Å². The Labute approximate surface area is 224 Å². The molecule has 3 aromatic heterocycles. The van der Waals surface area contributed by atoms with Crippen molar-refractivity contribution >= 4 is 23.2 Å². The van der Waals surface area contributed by atoms with Gasteiger partial charge >= 0.3 is 0 Å². The molecule has 0 fully saturated rings. The van der Waals surface area contributed by atoms with E-state index in [0.29, 0.717) is 22.4 Å². The highest BCUT2D eigenvalue weighted by Crippen LogP contribution is 2.24. The summed E-state index contributed by atoms with van der Waals surface area (Å²) >= 11 is 0. The molecule has 0 aliphatic rings. The van der Waals surface area contributed by atoms with Gasteiger partial charge in [0.1, 0.15) is 0 Å². The molecule has 0 bridgehead atoms. The Bertz CT molecular complexity index is 2010. The van der Waals surface area contributed by atoms with E-state index in [-0.39, 0.29) is 35.7 Å². The van der Waals surface area contributed by atoms with Gasteiger partial charge in [-0.2, -0.15) is 0 Å². The Kier molecular flexibility index (Phi) is 3.81. The number of amides is 1. The van der Waals surface area contributed by atoms with Gasteiger partial charge in [0.05, 0.1) is 15.3 Å². The molecular weight excluding hydrogens is 448 g/mol. The topological polar surface area (TPSA) is 84.7 Å². The number of anilines is 3. The number of hydrogen-bond donors (Lipinski definition) is 2. The Morgan fingerprint density at radius 1 is 1.11 bits per heavy atom. The van der Waals surface area contributed by atoms with Crippen LogP contribution < -0.4 is 10.6 Å². The Morgan fingerprint density at radius 3 is 2.81 bits per heavy atom. The number of rotatable bonds is 6. The molecule has 2 N–H and O–H groups in total. The molecule has 178 valence electrons. The van der Waals surface area contributed by atoms with Crippen molar-refractivity contribution in [2.24, 2.45) is 0 Å². The fourth-order valence-electron chi connectivity index (χ4n) is 3.41. The van der Waals surface area contributed by atoms with Crippen molar-refractivity contribution in [2.45, 2.75) is 20.7 Å². The summed E-state index contributed by atoms with van der Waals surface area (Å²) in [6.45, 7) is 0.435. The van der Waals surface area contributed by atoms with Gasteiger partial charge in [-0.1, -0.05) is 6.04 Å². The maximum atomic E-state index is 13.6. The van der Waals surface area contributed by atoms with Gasteiger partial charge in [-0.25, -0.2) is 9.97 Å². The third-order valence-corrected chi connectivity index (χ3v) is 5.04. The normalized spacial score (nSPS) is 15.1. The van der Waals surface area contributed by atoms with Crippen molar-refractivity contribution in [3.05, 3.63) is 114 Å². The molecule has 7 heteroatoms. The highest BCUT2D eigenvalue weighted by atomic mass is 16.1. The lowest BCUT2D eigenvalue weighted by Gasteiger charge is -2.13. The van der Waals surface area contributed by atoms with Crippen molar-refractivity contribution in [3.8, 4) is 16.9 Å². The second-order valence-electron chi connectivity index (χ2n) is 7.91. The van der Waals surface area contributed by atoms with E-state index in [1.165, 1.54) is 29.1 Å². The molecule has 0 spiro atoms. The summed E-state index contributed by atoms with van der Waals surface area (Å²) in [6.07, 6.45) is 2.56. The van der Waals surface area contributed by atoms with Crippen LogP contribution in [0.5, 0.6) is 0 Å². The fourth-order valence-corrected chi connectivity index (χ4v) is 3.41. The SMILES string of the molecule is [2H]c1nc(Nc2c([2H])c(C(=O)Nc3cc(C)cc(-n4c([2H])cc(C)c4[2H])c3)c([2H])c([2H])c2C([2H])([2H])[2H])nc(-c2cccnc2)c1[2H]. The number of aromatic nitrogens is 4. The van der Waals surface area contributed by atoms with Crippen LogP contribution in [0.15, 0.2) is 91.5 Å². The Balaban J connectivity index is 1.61. The predicted molar refractivity (Wildman–Crippen MR) is 143 cm³/mol. The lowest BCUT2D eigenvalue weighted by atomic mass is 10.1.